The number of carboxylic acids is 1. The molecular weight excluding hydrogens is 300 g/mol. The summed E-state index contributed by atoms with van der Waals surface area (Å²) in [7, 11) is 0. The smallest absolute Gasteiger partial charge is 0.303 e. The molecule has 1 N–H and O–H groups in total. The van der Waals surface area contributed by atoms with Gasteiger partial charge in [-0.1, -0.05) is 6.92 Å². The Bertz CT molecular complexity index is 541. The van der Waals surface area contributed by atoms with Gasteiger partial charge in [0.15, 0.2) is 0 Å². The number of amides is 1. The molecule has 0 aliphatic carbocycles. The Balaban J connectivity index is 2.00. The number of aromatic nitrogens is 1. The van der Waals surface area contributed by atoms with Gasteiger partial charge in [-0.3, -0.25) is 9.59 Å². The maximum Gasteiger partial charge on any atom is 0.303 e. The Morgan fingerprint density at radius 1 is 1.45 bits per heavy atom. The summed E-state index contributed by atoms with van der Waals surface area (Å²) in [6, 6.07) is 0. The number of thiazole rings is 1. The highest BCUT2D eigenvalue weighted by molar-refractivity contribution is 7.13. The van der Waals surface area contributed by atoms with Gasteiger partial charge in [-0.2, -0.15) is 0 Å². The first-order chi connectivity index (χ1) is 10.5. The van der Waals surface area contributed by atoms with Crippen LogP contribution in [0.5, 0.6) is 0 Å². The zero-order chi connectivity index (χ0) is 16.1. The molecular formula is C16H24N2O3S. The van der Waals surface area contributed by atoms with Crippen LogP contribution >= 0.6 is 11.3 Å². The van der Waals surface area contributed by atoms with Crippen LogP contribution in [-0.4, -0.2) is 40.0 Å². The molecule has 1 aromatic rings. The lowest BCUT2D eigenvalue weighted by Crippen LogP contribution is -2.40. The Morgan fingerprint density at radius 3 is 2.91 bits per heavy atom. The van der Waals surface area contributed by atoms with E-state index >= 15 is 0 Å². The lowest BCUT2D eigenvalue weighted by molar-refractivity contribution is -0.137. The van der Waals surface area contributed by atoms with Crippen LogP contribution in [0, 0.1) is 12.8 Å². The summed E-state index contributed by atoms with van der Waals surface area (Å²) >= 11 is 1.51. The SMILES string of the molecule is CCCc1nc(C)c(C(=O)N2CCCC(CCC(=O)O)C2)s1. The number of carboxylic acid groups (broad SMARTS) is 1. The number of carbonyl (C=O) groups excluding carboxylic acids is 1. The first-order valence-corrected chi connectivity index (χ1v) is 8.80. The summed E-state index contributed by atoms with van der Waals surface area (Å²) < 4.78 is 0. The minimum atomic E-state index is -0.758. The third-order valence-corrected chi connectivity index (χ3v) is 5.28. The van der Waals surface area contributed by atoms with Gasteiger partial charge in [0, 0.05) is 19.5 Å². The van der Waals surface area contributed by atoms with Gasteiger partial charge in [-0.05, 0) is 44.9 Å². The summed E-state index contributed by atoms with van der Waals surface area (Å²) in [6.07, 6.45) is 4.76. The molecule has 1 saturated heterocycles. The lowest BCUT2D eigenvalue weighted by atomic mass is 9.93. The maximum absolute atomic E-state index is 12.7. The largest absolute Gasteiger partial charge is 0.481 e. The zero-order valence-electron chi connectivity index (χ0n) is 13.3. The molecule has 0 bridgehead atoms. The molecule has 1 aromatic heterocycles. The average molecular weight is 324 g/mol. The van der Waals surface area contributed by atoms with E-state index in [2.05, 4.69) is 11.9 Å². The molecule has 0 saturated carbocycles. The highest BCUT2D eigenvalue weighted by Gasteiger charge is 2.27. The van der Waals surface area contributed by atoms with Gasteiger partial charge in [0.2, 0.25) is 0 Å². The van der Waals surface area contributed by atoms with Crippen molar-refractivity contribution in [2.45, 2.75) is 52.4 Å². The number of likely N-dealkylation sites (tertiary alicyclic amines) is 1. The Morgan fingerprint density at radius 2 is 2.23 bits per heavy atom. The van der Waals surface area contributed by atoms with E-state index in [1.807, 2.05) is 11.8 Å². The Hall–Kier alpha value is -1.43. The molecule has 122 valence electrons. The van der Waals surface area contributed by atoms with E-state index in [1.165, 1.54) is 11.3 Å². The zero-order valence-corrected chi connectivity index (χ0v) is 14.1. The van der Waals surface area contributed by atoms with Gasteiger partial charge in [-0.15, -0.1) is 11.3 Å². The second kappa shape index (κ2) is 7.72. The van der Waals surface area contributed by atoms with Crippen molar-refractivity contribution in [3.63, 3.8) is 0 Å². The molecule has 0 aromatic carbocycles. The van der Waals surface area contributed by atoms with Crippen LogP contribution in [0.25, 0.3) is 0 Å². The first kappa shape index (κ1) is 16.9. The molecule has 0 radical (unpaired) electrons. The minimum Gasteiger partial charge on any atom is -0.481 e. The molecule has 5 nitrogen and oxygen atoms in total. The standard InChI is InChI=1S/C16H24N2O3S/c1-3-5-13-17-11(2)15(22-13)16(21)18-9-4-6-12(10-18)7-8-14(19)20/h12H,3-10H2,1-2H3,(H,19,20). The van der Waals surface area contributed by atoms with Gasteiger partial charge in [0.1, 0.15) is 4.88 Å². The highest BCUT2D eigenvalue weighted by Crippen LogP contribution is 2.26. The fourth-order valence-corrected chi connectivity index (χ4v) is 4.06. The van der Waals surface area contributed by atoms with Gasteiger partial charge in [0.05, 0.1) is 10.7 Å². The van der Waals surface area contributed by atoms with E-state index in [0.29, 0.717) is 18.9 Å². The third-order valence-electron chi connectivity index (χ3n) is 4.07. The molecule has 22 heavy (non-hydrogen) atoms. The summed E-state index contributed by atoms with van der Waals surface area (Å²) in [5.41, 5.74) is 0.825. The molecule has 1 aliphatic rings. The molecule has 1 amide bonds. The molecule has 2 heterocycles. The van der Waals surface area contributed by atoms with Crippen LogP contribution in [0.15, 0.2) is 0 Å². The van der Waals surface area contributed by atoms with Crippen LogP contribution in [0.1, 0.15) is 59.4 Å². The first-order valence-electron chi connectivity index (χ1n) is 7.98. The molecule has 1 unspecified atom stereocenters. The van der Waals surface area contributed by atoms with Crippen molar-refractivity contribution in [1.29, 1.82) is 0 Å². The van der Waals surface area contributed by atoms with Crippen LogP contribution in [0.4, 0.5) is 0 Å². The van der Waals surface area contributed by atoms with E-state index in [1.54, 1.807) is 0 Å². The number of hydrogen-bond donors (Lipinski definition) is 1. The summed E-state index contributed by atoms with van der Waals surface area (Å²) in [5, 5.41) is 9.83. The quantitative estimate of drug-likeness (QED) is 0.873. The van der Waals surface area contributed by atoms with Crippen LogP contribution < -0.4 is 0 Å². The molecule has 6 heteroatoms. The molecule has 0 spiro atoms. The van der Waals surface area contributed by atoms with Gasteiger partial charge < -0.3 is 10.0 Å². The highest BCUT2D eigenvalue weighted by atomic mass is 32.1. The Kier molecular flexibility index (Phi) is 5.94. The van der Waals surface area contributed by atoms with Crippen LogP contribution in [0.3, 0.4) is 0 Å². The van der Waals surface area contributed by atoms with Crippen molar-refractivity contribution >= 4 is 23.2 Å². The number of nitrogens with zero attached hydrogens (tertiary/aromatic N) is 2. The molecule has 2 rings (SSSR count). The van der Waals surface area contributed by atoms with Gasteiger partial charge >= 0.3 is 5.97 Å². The number of piperidine rings is 1. The van der Waals surface area contributed by atoms with Crippen LogP contribution in [-0.2, 0) is 11.2 Å². The van der Waals surface area contributed by atoms with Crippen molar-refractivity contribution in [2.75, 3.05) is 13.1 Å². The number of aryl methyl sites for hydroxylation is 2. The lowest BCUT2D eigenvalue weighted by Gasteiger charge is -2.32. The van der Waals surface area contributed by atoms with E-state index < -0.39 is 5.97 Å². The average Bonchev–Trinajstić information content (AvgIpc) is 2.86. The fourth-order valence-electron chi connectivity index (χ4n) is 2.93. The predicted octanol–water partition coefficient (Wildman–Crippen LogP) is 3.12. The Labute approximate surface area is 135 Å². The van der Waals surface area contributed by atoms with Crippen molar-refractivity contribution in [3.8, 4) is 0 Å². The maximum atomic E-state index is 12.7. The predicted molar refractivity (Wildman–Crippen MR) is 86.3 cm³/mol. The molecule has 1 atom stereocenters. The minimum absolute atomic E-state index is 0.0670. The normalized spacial score (nSPS) is 18.5. The number of aliphatic carboxylic acids is 1. The topological polar surface area (TPSA) is 70.5 Å². The summed E-state index contributed by atoms with van der Waals surface area (Å²) in [5.74, 6) is -0.388. The van der Waals surface area contributed by atoms with Gasteiger partial charge in [0.25, 0.3) is 5.91 Å². The van der Waals surface area contributed by atoms with Crippen molar-refractivity contribution in [1.82, 2.24) is 9.88 Å². The number of carbonyl (C=O) groups is 2. The van der Waals surface area contributed by atoms with Crippen molar-refractivity contribution in [2.24, 2.45) is 5.92 Å². The van der Waals surface area contributed by atoms with E-state index in [-0.39, 0.29) is 12.3 Å². The molecule has 1 aliphatic heterocycles. The monoisotopic (exact) mass is 324 g/mol. The number of hydrogen-bond acceptors (Lipinski definition) is 4. The summed E-state index contributed by atoms with van der Waals surface area (Å²) in [4.78, 5) is 30.5. The third kappa shape index (κ3) is 4.29. The van der Waals surface area contributed by atoms with Crippen molar-refractivity contribution in [3.05, 3.63) is 15.6 Å². The van der Waals surface area contributed by atoms with E-state index in [0.717, 1.165) is 47.8 Å². The number of rotatable bonds is 6. The van der Waals surface area contributed by atoms with Crippen molar-refractivity contribution < 1.29 is 14.7 Å². The fraction of sp³-hybridized carbons (Fsp3) is 0.688. The molecule has 1 fully saturated rings. The van der Waals surface area contributed by atoms with Gasteiger partial charge in [-0.25, -0.2) is 4.98 Å². The van der Waals surface area contributed by atoms with Crippen LogP contribution in [0.2, 0.25) is 0 Å². The summed E-state index contributed by atoms with van der Waals surface area (Å²) in [6.45, 7) is 5.44. The second-order valence-corrected chi connectivity index (χ2v) is 7.05. The van der Waals surface area contributed by atoms with E-state index in [9.17, 15) is 9.59 Å². The second-order valence-electron chi connectivity index (χ2n) is 5.96. The van der Waals surface area contributed by atoms with E-state index in [4.69, 9.17) is 5.11 Å².